The van der Waals surface area contributed by atoms with E-state index >= 15 is 0 Å². The molecule has 0 aliphatic carbocycles. The summed E-state index contributed by atoms with van der Waals surface area (Å²) in [6.45, 7) is 0.421. The molecule has 1 aromatic rings. The average molecular weight is 306 g/mol. The van der Waals surface area contributed by atoms with Gasteiger partial charge >= 0.3 is 5.97 Å². The van der Waals surface area contributed by atoms with Crippen LogP contribution in [0.1, 0.15) is 15.9 Å². The van der Waals surface area contributed by atoms with Gasteiger partial charge in [-0.3, -0.25) is 9.59 Å². The summed E-state index contributed by atoms with van der Waals surface area (Å²) in [5.41, 5.74) is 1.92. The molecular weight excluding hydrogens is 292 g/mol. The lowest BCUT2D eigenvalue weighted by molar-refractivity contribution is -0.141. The Morgan fingerprint density at radius 1 is 1.38 bits per heavy atom. The number of hydrogen-bond acceptors (Lipinski definition) is 4. The summed E-state index contributed by atoms with van der Waals surface area (Å²) < 4.78 is 0. The number of thioether (sulfide) groups is 1. The Morgan fingerprint density at radius 3 is 2.95 bits per heavy atom. The molecule has 7 heteroatoms. The quantitative estimate of drug-likeness (QED) is 0.845. The summed E-state index contributed by atoms with van der Waals surface area (Å²) in [4.78, 5) is 36.5. The molecule has 2 aliphatic heterocycles. The summed E-state index contributed by atoms with van der Waals surface area (Å²) in [6, 6.07) is 4.24. The molecule has 1 atom stereocenters. The maximum Gasteiger partial charge on any atom is 0.327 e. The number of hydrogen-bond donors (Lipinski definition) is 2. The first-order chi connectivity index (χ1) is 10.1. The smallest absolute Gasteiger partial charge is 0.327 e. The van der Waals surface area contributed by atoms with Crippen LogP contribution in [0, 0.1) is 0 Å². The van der Waals surface area contributed by atoms with E-state index in [0.29, 0.717) is 30.0 Å². The third-order valence-electron chi connectivity index (χ3n) is 3.66. The maximum absolute atomic E-state index is 12.5. The normalized spacial score (nSPS) is 20.9. The van der Waals surface area contributed by atoms with E-state index in [4.69, 9.17) is 0 Å². The van der Waals surface area contributed by atoms with Gasteiger partial charge in [0.1, 0.15) is 6.04 Å². The van der Waals surface area contributed by atoms with Gasteiger partial charge in [0.05, 0.1) is 6.42 Å². The molecule has 1 fully saturated rings. The second-order valence-corrected chi connectivity index (χ2v) is 6.17. The highest BCUT2D eigenvalue weighted by atomic mass is 32.2. The minimum Gasteiger partial charge on any atom is -0.480 e. The van der Waals surface area contributed by atoms with Crippen LogP contribution in [0.25, 0.3) is 0 Å². The van der Waals surface area contributed by atoms with Crippen LogP contribution in [-0.4, -0.2) is 51.9 Å². The summed E-state index contributed by atoms with van der Waals surface area (Å²) in [5, 5.41) is 11.9. The zero-order valence-electron chi connectivity index (χ0n) is 11.2. The Morgan fingerprint density at radius 2 is 2.19 bits per heavy atom. The molecule has 0 aromatic heterocycles. The zero-order chi connectivity index (χ0) is 15.0. The highest BCUT2D eigenvalue weighted by Crippen LogP contribution is 2.26. The van der Waals surface area contributed by atoms with Gasteiger partial charge in [-0.25, -0.2) is 4.79 Å². The van der Waals surface area contributed by atoms with Gasteiger partial charge in [0.25, 0.3) is 5.91 Å². The monoisotopic (exact) mass is 306 g/mol. The first-order valence-corrected chi connectivity index (χ1v) is 7.76. The van der Waals surface area contributed by atoms with Gasteiger partial charge in [-0.1, -0.05) is 6.07 Å². The Hall–Kier alpha value is -2.02. The lowest BCUT2D eigenvalue weighted by Gasteiger charge is -2.32. The lowest BCUT2D eigenvalue weighted by Crippen LogP contribution is -2.50. The van der Waals surface area contributed by atoms with Crippen molar-refractivity contribution in [2.45, 2.75) is 12.5 Å². The van der Waals surface area contributed by atoms with Crippen LogP contribution in [-0.2, 0) is 16.0 Å². The summed E-state index contributed by atoms with van der Waals surface area (Å²) in [5.74, 6) is -0.232. The Labute approximate surface area is 125 Å². The molecular formula is C14H14N2O4S. The molecule has 110 valence electrons. The van der Waals surface area contributed by atoms with Crippen molar-refractivity contribution in [2.24, 2.45) is 0 Å². The number of carboxylic acids is 1. The number of rotatable bonds is 2. The molecule has 0 radical (unpaired) electrons. The van der Waals surface area contributed by atoms with Crippen LogP contribution in [0.15, 0.2) is 18.2 Å². The van der Waals surface area contributed by atoms with E-state index in [0.717, 1.165) is 11.3 Å². The van der Waals surface area contributed by atoms with Gasteiger partial charge < -0.3 is 15.3 Å². The van der Waals surface area contributed by atoms with Gasteiger partial charge in [0, 0.05) is 29.3 Å². The fourth-order valence-corrected chi connectivity index (χ4v) is 3.60. The number of benzene rings is 1. The Balaban J connectivity index is 1.86. The highest BCUT2D eigenvalue weighted by molar-refractivity contribution is 7.99. The van der Waals surface area contributed by atoms with Crippen LogP contribution in [0.3, 0.4) is 0 Å². The number of nitrogens with one attached hydrogen (secondary N) is 1. The third kappa shape index (κ3) is 2.61. The maximum atomic E-state index is 12.5. The van der Waals surface area contributed by atoms with Gasteiger partial charge in [-0.05, 0) is 17.7 Å². The van der Waals surface area contributed by atoms with E-state index in [1.54, 1.807) is 18.2 Å². The highest BCUT2D eigenvalue weighted by Gasteiger charge is 2.33. The van der Waals surface area contributed by atoms with E-state index in [2.05, 4.69) is 5.32 Å². The molecule has 21 heavy (non-hydrogen) atoms. The van der Waals surface area contributed by atoms with Crippen LogP contribution in [0.2, 0.25) is 0 Å². The van der Waals surface area contributed by atoms with Crippen molar-refractivity contribution in [3.05, 3.63) is 29.3 Å². The molecule has 0 spiro atoms. The molecule has 1 unspecified atom stereocenters. The number of carbonyl (C=O) groups excluding carboxylic acids is 2. The van der Waals surface area contributed by atoms with E-state index in [1.165, 1.54) is 16.7 Å². The predicted octanol–water partition coefficient (Wildman–Crippen LogP) is 0.823. The number of amides is 2. The predicted molar refractivity (Wildman–Crippen MR) is 78.6 cm³/mol. The minimum atomic E-state index is -0.981. The number of carbonyl (C=O) groups is 3. The lowest BCUT2D eigenvalue weighted by atomic mass is 10.1. The largest absolute Gasteiger partial charge is 0.480 e. The van der Waals surface area contributed by atoms with Crippen LogP contribution in [0.5, 0.6) is 0 Å². The second kappa shape index (κ2) is 5.40. The molecule has 2 N–H and O–H groups in total. The zero-order valence-corrected chi connectivity index (χ0v) is 12.0. The van der Waals surface area contributed by atoms with Crippen molar-refractivity contribution in [3.63, 3.8) is 0 Å². The third-order valence-corrected chi connectivity index (χ3v) is 4.68. The molecule has 6 nitrogen and oxygen atoms in total. The molecule has 2 heterocycles. The van der Waals surface area contributed by atoms with Crippen LogP contribution >= 0.6 is 11.8 Å². The topological polar surface area (TPSA) is 86.7 Å². The first kappa shape index (κ1) is 13.9. The minimum absolute atomic E-state index is 0.0904. The van der Waals surface area contributed by atoms with Crippen molar-refractivity contribution in [2.75, 3.05) is 23.4 Å². The number of fused-ring (bicyclic) bond motifs is 1. The number of carboxylic acid groups (broad SMARTS) is 1. The van der Waals surface area contributed by atoms with Gasteiger partial charge in [0.15, 0.2) is 0 Å². The molecule has 1 aromatic carbocycles. The second-order valence-electron chi connectivity index (χ2n) is 5.02. The number of aliphatic carboxylic acids is 1. The standard InChI is InChI=1S/C14H14N2O4S/c17-12-6-8-1-2-9(5-10(8)15-12)13(18)16-3-4-21-7-11(16)14(19)20/h1-2,5,11H,3-4,6-7H2,(H,15,17)(H,19,20). The van der Waals surface area contributed by atoms with E-state index in [1.807, 2.05) is 0 Å². The fraction of sp³-hybridized carbons (Fsp3) is 0.357. The molecule has 0 saturated carbocycles. The van der Waals surface area contributed by atoms with Gasteiger partial charge in [-0.15, -0.1) is 0 Å². The number of anilines is 1. The van der Waals surface area contributed by atoms with Crippen molar-refractivity contribution in [1.82, 2.24) is 4.90 Å². The fourth-order valence-electron chi connectivity index (χ4n) is 2.56. The summed E-state index contributed by atoms with van der Waals surface area (Å²) >= 11 is 1.54. The molecule has 0 bridgehead atoms. The SMILES string of the molecule is O=C1Cc2ccc(C(=O)N3CCSCC3C(=O)O)cc2N1. The van der Waals surface area contributed by atoms with E-state index in [9.17, 15) is 19.5 Å². The van der Waals surface area contributed by atoms with Crippen molar-refractivity contribution >= 4 is 35.2 Å². The van der Waals surface area contributed by atoms with Crippen molar-refractivity contribution in [3.8, 4) is 0 Å². The van der Waals surface area contributed by atoms with Crippen molar-refractivity contribution < 1.29 is 19.5 Å². The van der Waals surface area contributed by atoms with Gasteiger partial charge in [0.2, 0.25) is 5.91 Å². The van der Waals surface area contributed by atoms with E-state index < -0.39 is 12.0 Å². The molecule has 2 aliphatic rings. The van der Waals surface area contributed by atoms with Crippen LogP contribution in [0.4, 0.5) is 5.69 Å². The summed E-state index contributed by atoms with van der Waals surface area (Å²) in [7, 11) is 0. The van der Waals surface area contributed by atoms with E-state index in [-0.39, 0.29) is 11.8 Å². The molecule has 3 rings (SSSR count). The molecule has 2 amide bonds. The first-order valence-electron chi connectivity index (χ1n) is 6.60. The number of nitrogens with zero attached hydrogens (tertiary/aromatic N) is 1. The summed E-state index contributed by atoms with van der Waals surface area (Å²) in [6.07, 6.45) is 0.321. The van der Waals surface area contributed by atoms with Crippen LogP contribution < -0.4 is 5.32 Å². The Bertz CT molecular complexity index is 631. The van der Waals surface area contributed by atoms with Crippen molar-refractivity contribution in [1.29, 1.82) is 0 Å². The molecule has 1 saturated heterocycles. The average Bonchev–Trinajstić information content (AvgIpc) is 2.85. The van der Waals surface area contributed by atoms with Gasteiger partial charge in [-0.2, -0.15) is 11.8 Å². The Kier molecular flexibility index (Phi) is 3.59.